The molecule has 0 aliphatic carbocycles. The number of piperidine rings is 1. The second-order valence-electron chi connectivity index (χ2n) is 4.26. The first-order chi connectivity index (χ1) is 6.86. The first-order valence-electron chi connectivity index (χ1n) is 6.03. The molecule has 0 atom stereocenters. The summed E-state index contributed by atoms with van der Waals surface area (Å²) in [5, 5.41) is 0. The third-order valence-corrected chi connectivity index (χ3v) is 3.08. The number of unbranched alkanes of at least 4 members (excludes halogenated alkanes) is 1. The summed E-state index contributed by atoms with van der Waals surface area (Å²) in [5.74, 6) is 0.851. The SMILES string of the molecule is C/C=N\CC1CCN(CCCC)CC1. The molecule has 0 aromatic carbocycles. The molecule has 0 radical (unpaired) electrons. The van der Waals surface area contributed by atoms with Crippen LogP contribution in [-0.4, -0.2) is 37.3 Å². The molecule has 2 nitrogen and oxygen atoms in total. The van der Waals surface area contributed by atoms with Gasteiger partial charge in [0.15, 0.2) is 0 Å². The van der Waals surface area contributed by atoms with Gasteiger partial charge in [-0.15, -0.1) is 0 Å². The average Bonchev–Trinajstić information content (AvgIpc) is 2.25. The smallest absolute Gasteiger partial charge is 0.0414 e. The van der Waals surface area contributed by atoms with Gasteiger partial charge >= 0.3 is 0 Å². The highest BCUT2D eigenvalue weighted by atomic mass is 15.1. The van der Waals surface area contributed by atoms with Crippen molar-refractivity contribution >= 4 is 6.21 Å². The maximum atomic E-state index is 4.34. The van der Waals surface area contributed by atoms with Gasteiger partial charge in [0.1, 0.15) is 0 Å². The Hall–Kier alpha value is -0.370. The minimum Gasteiger partial charge on any atom is -0.303 e. The molecule has 14 heavy (non-hydrogen) atoms. The summed E-state index contributed by atoms with van der Waals surface area (Å²) < 4.78 is 0. The zero-order chi connectivity index (χ0) is 10.2. The molecule has 0 bridgehead atoms. The molecule has 1 rings (SSSR count). The maximum absolute atomic E-state index is 4.34. The number of hydrogen-bond donors (Lipinski definition) is 0. The summed E-state index contributed by atoms with van der Waals surface area (Å²) in [6, 6.07) is 0. The van der Waals surface area contributed by atoms with Gasteiger partial charge < -0.3 is 4.90 Å². The third-order valence-electron chi connectivity index (χ3n) is 3.08. The van der Waals surface area contributed by atoms with E-state index in [-0.39, 0.29) is 0 Å². The van der Waals surface area contributed by atoms with E-state index in [2.05, 4.69) is 16.8 Å². The van der Waals surface area contributed by atoms with Crippen molar-refractivity contribution in [3.63, 3.8) is 0 Å². The topological polar surface area (TPSA) is 15.6 Å². The Morgan fingerprint density at radius 1 is 1.36 bits per heavy atom. The molecule has 82 valence electrons. The van der Waals surface area contributed by atoms with Gasteiger partial charge in [0, 0.05) is 6.54 Å². The second-order valence-corrected chi connectivity index (χ2v) is 4.26. The number of rotatable bonds is 5. The number of nitrogens with zero attached hydrogens (tertiary/aromatic N) is 2. The zero-order valence-electron chi connectivity index (χ0n) is 9.71. The van der Waals surface area contributed by atoms with Crippen LogP contribution < -0.4 is 0 Å². The maximum Gasteiger partial charge on any atom is 0.0414 e. The summed E-state index contributed by atoms with van der Waals surface area (Å²) in [6.07, 6.45) is 7.31. The molecule has 1 aliphatic rings. The van der Waals surface area contributed by atoms with Crippen LogP contribution in [0.5, 0.6) is 0 Å². The van der Waals surface area contributed by atoms with Crippen LogP contribution in [0.1, 0.15) is 39.5 Å². The van der Waals surface area contributed by atoms with Crippen LogP contribution in [0.25, 0.3) is 0 Å². The van der Waals surface area contributed by atoms with Gasteiger partial charge in [-0.25, -0.2) is 0 Å². The Morgan fingerprint density at radius 3 is 2.64 bits per heavy atom. The van der Waals surface area contributed by atoms with Crippen molar-refractivity contribution in [1.29, 1.82) is 0 Å². The van der Waals surface area contributed by atoms with Gasteiger partial charge in [0.05, 0.1) is 0 Å². The number of likely N-dealkylation sites (tertiary alicyclic amines) is 1. The quantitative estimate of drug-likeness (QED) is 0.617. The first-order valence-corrected chi connectivity index (χ1v) is 6.03. The fraction of sp³-hybridized carbons (Fsp3) is 0.917. The molecule has 1 saturated heterocycles. The van der Waals surface area contributed by atoms with Crippen LogP contribution in [0.2, 0.25) is 0 Å². The molecule has 0 amide bonds. The summed E-state index contributed by atoms with van der Waals surface area (Å²) in [4.78, 5) is 6.95. The van der Waals surface area contributed by atoms with E-state index in [1.54, 1.807) is 0 Å². The fourth-order valence-corrected chi connectivity index (χ4v) is 2.03. The molecule has 0 aromatic rings. The Balaban J connectivity index is 2.11. The lowest BCUT2D eigenvalue weighted by atomic mass is 9.97. The van der Waals surface area contributed by atoms with Gasteiger partial charge in [0.25, 0.3) is 0 Å². The van der Waals surface area contributed by atoms with E-state index in [1.165, 1.54) is 45.3 Å². The fourth-order valence-electron chi connectivity index (χ4n) is 2.03. The predicted molar refractivity (Wildman–Crippen MR) is 63.1 cm³/mol. The first kappa shape index (κ1) is 11.7. The monoisotopic (exact) mass is 196 g/mol. The van der Waals surface area contributed by atoms with E-state index in [0.717, 1.165) is 12.5 Å². The van der Waals surface area contributed by atoms with E-state index in [9.17, 15) is 0 Å². The largest absolute Gasteiger partial charge is 0.303 e. The molecule has 0 saturated carbocycles. The summed E-state index contributed by atoms with van der Waals surface area (Å²) in [6.45, 7) is 9.23. The van der Waals surface area contributed by atoms with Crippen molar-refractivity contribution in [2.24, 2.45) is 10.9 Å². The van der Waals surface area contributed by atoms with Crippen molar-refractivity contribution < 1.29 is 0 Å². The number of hydrogen-bond acceptors (Lipinski definition) is 2. The van der Waals surface area contributed by atoms with E-state index in [1.807, 2.05) is 13.1 Å². The van der Waals surface area contributed by atoms with E-state index in [0.29, 0.717) is 0 Å². The standard InChI is InChI=1S/C12H24N2/c1-3-5-8-14-9-6-12(7-10-14)11-13-4-2/h4,12H,3,5-11H2,1-2H3/b13-4-. The highest BCUT2D eigenvalue weighted by Gasteiger charge is 2.17. The van der Waals surface area contributed by atoms with Crippen LogP contribution in [0.3, 0.4) is 0 Å². The normalized spacial score (nSPS) is 20.7. The van der Waals surface area contributed by atoms with E-state index >= 15 is 0 Å². The Kier molecular flexibility index (Phi) is 5.85. The van der Waals surface area contributed by atoms with Crippen LogP contribution >= 0.6 is 0 Å². The molecule has 1 fully saturated rings. The van der Waals surface area contributed by atoms with Crippen molar-refractivity contribution in [1.82, 2.24) is 4.90 Å². The summed E-state index contributed by atoms with van der Waals surface area (Å²) in [7, 11) is 0. The molecular formula is C12H24N2. The molecule has 0 spiro atoms. The van der Waals surface area contributed by atoms with Crippen LogP contribution in [0.4, 0.5) is 0 Å². The van der Waals surface area contributed by atoms with Crippen LogP contribution in [0.15, 0.2) is 4.99 Å². The highest BCUT2D eigenvalue weighted by molar-refractivity contribution is 5.53. The van der Waals surface area contributed by atoms with Crippen LogP contribution in [-0.2, 0) is 0 Å². The highest BCUT2D eigenvalue weighted by Crippen LogP contribution is 2.17. The minimum atomic E-state index is 0.851. The molecule has 1 heterocycles. The Bertz CT molecular complexity index is 158. The lowest BCUT2D eigenvalue weighted by Gasteiger charge is -2.31. The van der Waals surface area contributed by atoms with Crippen molar-refractivity contribution in [3.8, 4) is 0 Å². The van der Waals surface area contributed by atoms with Gasteiger partial charge in [0.2, 0.25) is 0 Å². The van der Waals surface area contributed by atoms with Crippen molar-refractivity contribution in [3.05, 3.63) is 0 Å². The predicted octanol–water partition coefficient (Wildman–Crippen LogP) is 2.59. The van der Waals surface area contributed by atoms with E-state index < -0.39 is 0 Å². The summed E-state index contributed by atoms with van der Waals surface area (Å²) >= 11 is 0. The van der Waals surface area contributed by atoms with Crippen molar-refractivity contribution in [2.75, 3.05) is 26.2 Å². The van der Waals surface area contributed by atoms with Gasteiger partial charge in [-0.1, -0.05) is 13.3 Å². The molecule has 2 heteroatoms. The Labute approximate surface area is 88.4 Å². The van der Waals surface area contributed by atoms with Crippen molar-refractivity contribution in [2.45, 2.75) is 39.5 Å². The minimum absolute atomic E-state index is 0.851. The van der Waals surface area contributed by atoms with Gasteiger partial charge in [-0.05, 0) is 58.0 Å². The molecule has 0 N–H and O–H groups in total. The molecule has 0 aromatic heterocycles. The van der Waals surface area contributed by atoms with E-state index in [4.69, 9.17) is 0 Å². The van der Waals surface area contributed by atoms with Gasteiger partial charge in [-0.3, -0.25) is 4.99 Å². The third kappa shape index (κ3) is 4.23. The average molecular weight is 196 g/mol. The zero-order valence-corrected chi connectivity index (χ0v) is 9.71. The lowest BCUT2D eigenvalue weighted by molar-refractivity contribution is 0.185. The second kappa shape index (κ2) is 6.99. The molecular weight excluding hydrogens is 172 g/mol. The van der Waals surface area contributed by atoms with Gasteiger partial charge in [-0.2, -0.15) is 0 Å². The molecule has 0 unspecified atom stereocenters. The lowest BCUT2D eigenvalue weighted by Crippen LogP contribution is -2.35. The number of aliphatic imine (C=N–C) groups is 1. The van der Waals surface area contributed by atoms with Crippen LogP contribution in [0, 0.1) is 5.92 Å². The Morgan fingerprint density at radius 2 is 2.07 bits per heavy atom. The molecule has 1 aliphatic heterocycles. The summed E-state index contributed by atoms with van der Waals surface area (Å²) in [5.41, 5.74) is 0.